The predicted octanol–water partition coefficient (Wildman–Crippen LogP) is 2.10. The van der Waals surface area contributed by atoms with Crippen LogP contribution in [0.15, 0.2) is 24.3 Å². The van der Waals surface area contributed by atoms with E-state index in [1.165, 1.54) is 0 Å². The standard InChI is InChI=1S/C16H26N2O3/c1-3-10-18-13(16(17)19)9-12-21-15-8-6-5-7-14(15)20-11-4-2/h5-8,13,18H,3-4,9-12H2,1-2H3,(H2,17,19). The third-order valence-electron chi connectivity index (χ3n) is 2.96. The maximum atomic E-state index is 11.3. The van der Waals surface area contributed by atoms with Crippen LogP contribution >= 0.6 is 0 Å². The van der Waals surface area contributed by atoms with E-state index in [1.807, 2.05) is 31.2 Å². The SMILES string of the molecule is CCCNC(CCOc1ccccc1OCCC)C(N)=O. The van der Waals surface area contributed by atoms with Gasteiger partial charge in [0.25, 0.3) is 0 Å². The Hall–Kier alpha value is -1.75. The number of nitrogens with two attached hydrogens (primary N) is 1. The monoisotopic (exact) mass is 294 g/mol. The fraction of sp³-hybridized carbons (Fsp3) is 0.562. The quantitative estimate of drug-likeness (QED) is 0.655. The summed E-state index contributed by atoms with van der Waals surface area (Å²) >= 11 is 0. The van der Waals surface area contributed by atoms with E-state index >= 15 is 0 Å². The third kappa shape index (κ3) is 6.49. The maximum absolute atomic E-state index is 11.3. The second-order valence-electron chi connectivity index (χ2n) is 4.84. The van der Waals surface area contributed by atoms with Gasteiger partial charge in [-0.2, -0.15) is 0 Å². The third-order valence-corrected chi connectivity index (χ3v) is 2.96. The molecule has 118 valence electrons. The van der Waals surface area contributed by atoms with Crippen molar-refractivity contribution in [3.05, 3.63) is 24.3 Å². The van der Waals surface area contributed by atoms with Gasteiger partial charge in [0.1, 0.15) is 0 Å². The molecule has 0 aliphatic carbocycles. The first-order chi connectivity index (χ1) is 10.2. The molecule has 0 fully saturated rings. The molecule has 0 aliphatic heterocycles. The molecule has 1 aromatic carbocycles. The van der Waals surface area contributed by atoms with E-state index in [4.69, 9.17) is 15.2 Å². The minimum atomic E-state index is -0.353. The minimum absolute atomic E-state index is 0.345. The van der Waals surface area contributed by atoms with Gasteiger partial charge in [0, 0.05) is 6.42 Å². The highest BCUT2D eigenvalue weighted by atomic mass is 16.5. The molecule has 0 aromatic heterocycles. The van der Waals surface area contributed by atoms with Crippen LogP contribution in [0.5, 0.6) is 11.5 Å². The smallest absolute Gasteiger partial charge is 0.234 e. The Balaban J connectivity index is 2.48. The molecule has 1 amide bonds. The molecule has 1 rings (SSSR count). The summed E-state index contributed by atoms with van der Waals surface area (Å²) in [5.74, 6) is 1.09. The summed E-state index contributed by atoms with van der Waals surface area (Å²) in [4.78, 5) is 11.3. The zero-order valence-electron chi connectivity index (χ0n) is 12.9. The Labute approximate surface area is 126 Å². The Morgan fingerprint density at radius 2 is 1.76 bits per heavy atom. The van der Waals surface area contributed by atoms with Crippen LogP contribution in [0, 0.1) is 0 Å². The van der Waals surface area contributed by atoms with Gasteiger partial charge in [-0.15, -0.1) is 0 Å². The van der Waals surface area contributed by atoms with Gasteiger partial charge in [-0.05, 0) is 31.5 Å². The lowest BCUT2D eigenvalue weighted by Crippen LogP contribution is -2.42. The van der Waals surface area contributed by atoms with Crippen molar-refractivity contribution in [3.8, 4) is 11.5 Å². The Bertz CT molecular complexity index is 424. The Morgan fingerprint density at radius 1 is 1.14 bits per heavy atom. The van der Waals surface area contributed by atoms with Crippen molar-refractivity contribution in [2.45, 2.75) is 39.2 Å². The molecule has 0 heterocycles. The van der Waals surface area contributed by atoms with E-state index in [1.54, 1.807) is 0 Å². The van der Waals surface area contributed by atoms with Gasteiger partial charge in [0.05, 0.1) is 19.3 Å². The number of ether oxygens (including phenoxy) is 2. The second kappa shape index (κ2) is 10.0. The zero-order valence-corrected chi connectivity index (χ0v) is 12.9. The van der Waals surface area contributed by atoms with Gasteiger partial charge in [0.2, 0.25) is 5.91 Å². The van der Waals surface area contributed by atoms with Gasteiger partial charge < -0.3 is 20.5 Å². The number of primary amides is 1. The summed E-state index contributed by atoms with van der Waals surface area (Å²) in [6.45, 7) is 5.94. The van der Waals surface area contributed by atoms with Crippen molar-refractivity contribution < 1.29 is 14.3 Å². The molecule has 5 nitrogen and oxygen atoms in total. The highest BCUT2D eigenvalue weighted by Crippen LogP contribution is 2.26. The summed E-state index contributed by atoms with van der Waals surface area (Å²) in [5.41, 5.74) is 5.37. The first-order valence-corrected chi connectivity index (χ1v) is 7.56. The summed E-state index contributed by atoms with van der Waals surface area (Å²) in [6, 6.07) is 7.20. The van der Waals surface area contributed by atoms with Crippen LogP contribution in [0.2, 0.25) is 0 Å². The first kappa shape index (κ1) is 17.3. The second-order valence-corrected chi connectivity index (χ2v) is 4.84. The lowest BCUT2D eigenvalue weighted by Gasteiger charge is -2.16. The van der Waals surface area contributed by atoms with E-state index < -0.39 is 0 Å². The van der Waals surface area contributed by atoms with Crippen LogP contribution in [0.4, 0.5) is 0 Å². The fourth-order valence-corrected chi connectivity index (χ4v) is 1.85. The van der Waals surface area contributed by atoms with Crippen molar-refractivity contribution >= 4 is 5.91 Å². The maximum Gasteiger partial charge on any atom is 0.234 e. The average molecular weight is 294 g/mol. The lowest BCUT2D eigenvalue weighted by molar-refractivity contribution is -0.120. The molecular formula is C16H26N2O3. The summed E-state index contributed by atoms with van der Waals surface area (Å²) in [7, 11) is 0. The normalized spacial score (nSPS) is 11.9. The molecule has 0 bridgehead atoms. The Morgan fingerprint density at radius 3 is 2.29 bits per heavy atom. The largest absolute Gasteiger partial charge is 0.490 e. The molecule has 0 saturated heterocycles. The van der Waals surface area contributed by atoms with Gasteiger partial charge >= 0.3 is 0 Å². The number of hydrogen-bond acceptors (Lipinski definition) is 4. The van der Waals surface area contributed by atoms with Crippen molar-refractivity contribution in [2.24, 2.45) is 5.73 Å². The number of rotatable bonds is 11. The van der Waals surface area contributed by atoms with E-state index in [-0.39, 0.29) is 11.9 Å². The first-order valence-electron chi connectivity index (χ1n) is 7.56. The van der Waals surface area contributed by atoms with Gasteiger partial charge in [0.15, 0.2) is 11.5 Å². The molecule has 0 saturated carbocycles. The van der Waals surface area contributed by atoms with Crippen LogP contribution < -0.4 is 20.5 Å². The molecule has 21 heavy (non-hydrogen) atoms. The summed E-state index contributed by atoms with van der Waals surface area (Å²) < 4.78 is 11.3. The van der Waals surface area contributed by atoms with E-state index in [2.05, 4.69) is 12.2 Å². The van der Waals surface area contributed by atoms with Crippen molar-refractivity contribution in [3.63, 3.8) is 0 Å². The van der Waals surface area contributed by atoms with E-state index in [0.717, 1.165) is 25.1 Å². The summed E-state index contributed by atoms with van der Waals surface area (Å²) in [5, 5.41) is 3.12. The van der Waals surface area contributed by atoms with Gasteiger partial charge in [-0.1, -0.05) is 26.0 Å². The summed E-state index contributed by atoms with van der Waals surface area (Å²) in [6.07, 6.45) is 2.44. The van der Waals surface area contributed by atoms with Gasteiger partial charge in [-0.25, -0.2) is 0 Å². The molecule has 0 spiro atoms. The molecule has 3 N–H and O–H groups in total. The highest BCUT2D eigenvalue weighted by Gasteiger charge is 2.14. The molecule has 1 atom stereocenters. The number of carbonyl (C=O) groups excluding carboxylic acids is 1. The van der Waals surface area contributed by atoms with Crippen LogP contribution in [0.3, 0.4) is 0 Å². The molecule has 0 radical (unpaired) electrons. The highest BCUT2D eigenvalue weighted by molar-refractivity contribution is 5.79. The molecule has 5 heteroatoms. The number of amides is 1. The average Bonchev–Trinajstić information content (AvgIpc) is 2.49. The van der Waals surface area contributed by atoms with Crippen LogP contribution in [-0.2, 0) is 4.79 Å². The predicted molar refractivity (Wildman–Crippen MR) is 83.6 cm³/mol. The topological polar surface area (TPSA) is 73.6 Å². The molecule has 1 unspecified atom stereocenters. The number of para-hydroxylation sites is 2. The van der Waals surface area contributed by atoms with Crippen molar-refractivity contribution in [1.82, 2.24) is 5.32 Å². The van der Waals surface area contributed by atoms with E-state index in [0.29, 0.717) is 25.4 Å². The number of nitrogens with one attached hydrogen (secondary N) is 1. The van der Waals surface area contributed by atoms with Crippen molar-refractivity contribution in [2.75, 3.05) is 19.8 Å². The van der Waals surface area contributed by atoms with E-state index in [9.17, 15) is 4.79 Å². The molecule has 0 aliphatic rings. The van der Waals surface area contributed by atoms with Crippen molar-refractivity contribution in [1.29, 1.82) is 0 Å². The van der Waals surface area contributed by atoms with Crippen LogP contribution in [0.1, 0.15) is 33.1 Å². The van der Waals surface area contributed by atoms with Crippen LogP contribution in [0.25, 0.3) is 0 Å². The number of carbonyl (C=O) groups is 1. The number of hydrogen-bond donors (Lipinski definition) is 2. The Kier molecular flexibility index (Phi) is 8.28. The molecule has 1 aromatic rings. The van der Waals surface area contributed by atoms with Gasteiger partial charge in [-0.3, -0.25) is 4.79 Å². The molecular weight excluding hydrogens is 268 g/mol. The minimum Gasteiger partial charge on any atom is -0.490 e. The fourth-order valence-electron chi connectivity index (χ4n) is 1.85. The van der Waals surface area contributed by atoms with Crippen LogP contribution in [-0.4, -0.2) is 31.7 Å². The number of benzene rings is 1. The lowest BCUT2D eigenvalue weighted by atomic mass is 10.2. The zero-order chi connectivity index (χ0) is 15.5.